The number of hydrogen-bond acceptors (Lipinski definition) is 3. The first-order chi connectivity index (χ1) is 7.54. The highest BCUT2D eigenvalue weighted by Crippen LogP contribution is 2.15. The summed E-state index contributed by atoms with van der Waals surface area (Å²) in [5.41, 5.74) is 0. The van der Waals surface area contributed by atoms with Gasteiger partial charge in [0.15, 0.2) is 0 Å². The maximum absolute atomic E-state index is 12.3. The number of carbonyl (C=O) groups excluding carboxylic acids is 1. The van der Waals surface area contributed by atoms with E-state index in [0.717, 1.165) is 9.91 Å². The molecule has 0 saturated carbocycles. The molecule has 0 aliphatic rings. The topological polar surface area (TPSA) is 33.2 Å². The van der Waals surface area contributed by atoms with Crippen LogP contribution in [0, 0.1) is 6.92 Å². The van der Waals surface area contributed by atoms with Crippen LogP contribution in [0.3, 0.4) is 0 Å². The van der Waals surface area contributed by atoms with Crippen molar-refractivity contribution in [3.8, 4) is 0 Å². The Bertz CT molecular complexity index is 359. The lowest BCUT2D eigenvalue weighted by molar-refractivity contribution is 0.0576. The van der Waals surface area contributed by atoms with E-state index in [1.165, 1.54) is 17.5 Å². The lowest BCUT2D eigenvalue weighted by atomic mass is 10.4. The minimum Gasteiger partial charge on any atom is -0.331 e. The van der Waals surface area contributed by atoms with Gasteiger partial charge in [0.05, 0.1) is 17.7 Å². The quantitative estimate of drug-likeness (QED) is 0.783. The van der Waals surface area contributed by atoms with Gasteiger partial charge in [0.25, 0.3) is 12.3 Å². The number of rotatable bonds is 5. The average Bonchev–Trinajstić information content (AvgIpc) is 2.62. The minimum absolute atomic E-state index is 0.264. The number of alkyl halides is 3. The second kappa shape index (κ2) is 6.24. The Morgan fingerprint density at radius 1 is 1.69 bits per heavy atom. The zero-order chi connectivity index (χ0) is 12.1. The van der Waals surface area contributed by atoms with Crippen LogP contribution in [0.4, 0.5) is 8.78 Å². The van der Waals surface area contributed by atoms with E-state index in [1.54, 1.807) is 6.92 Å². The second-order valence-corrected chi connectivity index (χ2v) is 5.10. The van der Waals surface area contributed by atoms with Crippen LogP contribution in [-0.2, 0) is 0 Å². The molecule has 0 unspecified atom stereocenters. The molecule has 0 atom stereocenters. The molecule has 0 aliphatic carbocycles. The summed E-state index contributed by atoms with van der Waals surface area (Å²) in [7, 11) is 0. The average molecular weight is 313 g/mol. The number of hydrogen-bond donors (Lipinski definition) is 0. The predicted molar refractivity (Wildman–Crippen MR) is 62.6 cm³/mol. The normalized spacial score (nSPS) is 10.8. The number of amides is 1. The fourth-order valence-electron chi connectivity index (χ4n) is 1.16. The first kappa shape index (κ1) is 13.5. The van der Waals surface area contributed by atoms with Gasteiger partial charge in [-0.2, -0.15) is 0 Å². The summed E-state index contributed by atoms with van der Waals surface area (Å²) in [4.78, 5) is 17.3. The third kappa shape index (κ3) is 3.79. The Labute approximate surface area is 105 Å². The molecule has 0 spiro atoms. The third-order valence-corrected chi connectivity index (χ3v) is 3.09. The van der Waals surface area contributed by atoms with Gasteiger partial charge >= 0.3 is 0 Å². The molecule has 0 aliphatic heterocycles. The number of halogens is 3. The van der Waals surface area contributed by atoms with E-state index in [4.69, 9.17) is 0 Å². The van der Waals surface area contributed by atoms with Crippen molar-refractivity contribution in [2.75, 3.05) is 18.4 Å². The summed E-state index contributed by atoms with van der Waals surface area (Å²) >= 11 is 4.35. The molecule has 1 aromatic heterocycles. The molecule has 7 heteroatoms. The van der Waals surface area contributed by atoms with Gasteiger partial charge in [-0.3, -0.25) is 4.79 Å². The Hall–Kier alpha value is -0.560. The zero-order valence-electron chi connectivity index (χ0n) is 8.62. The molecule has 16 heavy (non-hydrogen) atoms. The van der Waals surface area contributed by atoms with E-state index >= 15 is 0 Å². The van der Waals surface area contributed by atoms with E-state index in [2.05, 4.69) is 20.9 Å². The fourth-order valence-corrected chi connectivity index (χ4v) is 2.33. The maximum atomic E-state index is 12.3. The Morgan fingerprint density at radius 3 is 2.81 bits per heavy atom. The number of nitrogens with zero attached hydrogens (tertiary/aromatic N) is 2. The number of carbonyl (C=O) groups is 1. The minimum atomic E-state index is -2.52. The first-order valence-electron chi connectivity index (χ1n) is 4.60. The number of thiazole rings is 1. The van der Waals surface area contributed by atoms with Crippen molar-refractivity contribution in [1.82, 2.24) is 9.88 Å². The maximum Gasteiger partial charge on any atom is 0.265 e. The van der Waals surface area contributed by atoms with Crippen molar-refractivity contribution < 1.29 is 13.6 Å². The smallest absolute Gasteiger partial charge is 0.265 e. The van der Waals surface area contributed by atoms with Gasteiger partial charge in [-0.1, -0.05) is 15.9 Å². The lowest BCUT2D eigenvalue weighted by Crippen LogP contribution is -2.36. The van der Waals surface area contributed by atoms with E-state index in [0.29, 0.717) is 10.2 Å². The molecular weight excluding hydrogens is 302 g/mol. The van der Waals surface area contributed by atoms with Crippen LogP contribution in [0.15, 0.2) is 6.20 Å². The van der Waals surface area contributed by atoms with Crippen LogP contribution in [0.2, 0.25) is 0 Å². The van der Waals surface area contributed by atoms with Crippen LogP contribution in [0.25, 0.3) is 0 Å². The van der Waals surface area contributed by atoms with Crippen LogP contribution < -0.4 is 0 Å². The molecular formula is C9H11BrF2N2OS. The van der Waals surface area contributed by atoms with E-state index in [1.807, 2.05) is 0 Å². The molecule has 1 rings (SSSR count). The molecule has 0 aromatic carbocycles. The van der Waals surface area contributed by atoms with Gasteiger partial charge in [0.1, 0.15) is 4.88 Å². The Balaban J connectivity index is 2.74. The summed E-state index contributed by atoms with van der Waals surface area (Å²) in [6, 6.07) is 0. The Morgan fingerprint density at radius 2 is 2.38 bits per heavy atom. The Kier molecular flexibility index (Phi) is 5.27. The molecule has 1 amide bonds. The van der Waals surface area contributed by atoms with Gasteiger partial charge < -0.3 is 4.90 Å². The largest absolute Gasteiger partial charge is 0.331 e. The highest BCUT2D eigenvalue weighted by Gasteiger charge is 2.20. The predicted octanol–water partition coefficient (Wildman–Crippen LogP) is 2.55. The fraction of sp³-hybridized carbons (Fsp3) is 0.556. The standard InChI is InChI=1S/C9H11BrF2N2OS/c1-6-13-4-7(16-6)9(15)14(3-2-10)5-8(11)12/h4,8H,2-3,5H2,1H3. The van der Waals surface area contributed by atoms with Crippen molar-refractivity contribution in [1.29, 1.82) is 0 Å². The summed E-state index contributed by atoms with van der Waals surface area (Å²) in [5, 5.41) is 1.22. The van der Waals surface area contributed by atoms with Crippen molar-refractivity contribution in [3.05, 3.63) is 16.1 Å². The molecule has 0 radical (unpaired) electrons. The molecule has 3 nitrogen and oxygen atoms in total. The van der Waals surface area contributed by atoms with Gasteiger partial charge in [-0.05, 0) is 6.92 Å². The van der Waals surface area contributed by atoms with Crippen molar-refractivity contribution in [2.45, 2.75) is 13.3 Å². The third-order valence-electron chi connectivity index (χ3n) is 1.83. The van der Waals surface area contributed by atoms with E-state index in [-0.39, 0.29) is 12.5 Å². The van der Waals surface area contributed by atoms with Crippen LogP contribution in [0.1, 0.15) is 14.7 Å². The van der Waals surface area contributed by atoms with Gasteiger partial charge in [-0.15, -0.1) is 11.3 Å². The van der Waals surface area contributed by atoms with Gasteiger partial charge in [-0.25, -0.2) is 13.8 Å². The van der Waals surface area contributed by atoms with Crippen molar-refractivity contribution >= 4 is 33.2 Å². The van der Waals surface area contributed by atoms with Crippen LogP contribution in [0.5, 0.6) is 0 Å². The zero-order valence-corrected chi connectivity index (χ0v) is 11.0. The lowest BCUT2D eigenvalue weighted by Gasteiger charge is -2.20. The SMILES string of the molecule is Cc1ncc(C(=O)N(CCBr)CC(F)F)s1. The molecule has 90 valence electrons. The molecule has 0 fully saturated rings. The van der Waals surface area contributed by atoms with Gasteiger partial charge in [0, 0.05) is 11.9 Å². The second-order valence-electron chi connectivity index (χ2n) is 3.07. The first-order valence-corrected chi connectivity index (χ1v) is 6.54. The highest BCUT2D eigenvalue weighted by atomic mass is 79.9. The molecule has 0 bridgehead atoms. The van der Waals surface area contributed by atoms with Crippen molar-refractivity contribution in [2.24, 2.45) is 0 Å². The number of aromatic nitrogens is 1. The molecule has 1 aromatic rings. The number of aryl methyl sites for hydroxylation is 1. The van der Waals surface area contributed by atoms with E-state index < -0.39 is 13.0 Å². The molecule has 1 heterocycles. The molecule has 0 N–H and O–H groups in total. The van der Waals surface area contributed by atoms with Gasteiger partial charge in [0.2, 0.25) is 0 Å². The van der Waals surface area contributed by atoms with Crippen LogP contribution in [-0.4, -0.2) is 40.6 Å². The molecule has 0 saturated heterocycles. The van der Waals surface area contributed by atoms with Crippen molar-refractivity contribution in [3.63, 3.8) is 0 Å². The summed E-state index contributed by atoms with van der Waals surface area (Å²) in [6.07, 6.45) is -1.09. The summed E-state index contributed by atoms with van der Waals surface area (Å²) < 4.78 is 24.5. The highest BCUT2D eigenvalue weighted by molar-refractivity contribution is 9.09. The van der Waals surface area contributed by atoms with Crippen LogP contribution >= 0.6 is 27.3 Å². The summed E-state index contributed by atoms with van der Waals surface area (Å²) in [6.45, 7) is 1.49. The summed E-state index contributed by atoms with van der Waals surface area (Å²) in [5.74, 6) is -0.384. The monoisotopic (exact) mass is 312 g/mol. The van der Waals surface area contributed by atoms with E-state index in [9.17, 15) is 13.6 Å².